The van der Waals surface area contributed by atoms with Crippen molar-refractivity contribution in [3.63, 3.8) is 0 Å². The van der Waals surface area contributed by atoms with E-state index >= 15 is 0 Å². The summed E-state index contributed by atoms with van der Waals surface area (Å²) >= 11 is 0. The fraction of sp³-hybridized carbons (Fsp3) is 0.167. The average Bonchev–Trinajstić information content (AvgIpc) is 2.76. The molecule has 1 N–H and O–H groups in total. The molecule has 1 aromatic heterocycles. The summed E-state index contributed by atoms with van der Waals surface area (Å²) in [5.74, 6) is -0.788. The van der Waals surface area contributed by atoms with Crippen molar-refractivity contribution in [2.24, 2.45) is 0 Å². The summed E-state index contributed by atoms with van der Waals surface area (Å²) in [5.41, 5.74) is 2.62. The molecule has 4 heteroatoms. The number of aromatic nitrogens is 1. The van der Waals surface area contributed by atoms with Crippen LogP contribution in [0.25, 0.3) is 11.3 Å². The Balaban J connectivity index is 2.23. The van der Waals surface area contributed by atoms with Gasteiger partial charge in [-0.25, -0.2) is 0 Å². The SMILES string of the molecule is O=C(O)C1Cc2ccccc2-c2oncc21. The lowest BCUT2D eigenvalue weighted by molar-refractivity contribution is -0.138. The number of aliphatic carboxylic acids is 1. The number of carboxylic acid groups (broad SMARTS) is 1. The second kappa shape index (κ2) is 3.20. The average molecular weight is 215 g/mol. The van der Waals surface area contributed by atoms with Gasteiger partial charge in [0, 0.05) is 11.1 Å². The van der Waals surface area contributed by atoms with E-state index in [0.29, 0.717) is 17.7 Å². The topological polar surface area (TPSA) is 63.3 Å². The van der Waals surface area contributed by atoms with Crippen molar-refractivity contribution in [1.29, 1.82) is 0 Å². The van der Waals surface area contributed by atoms with Gasteiger partial charge in [-0.2, -0.15) is 0 Å². The maximum Gasteiger partial charge on any atom is 0.311 e. The second-order valence-corrected chi connectivity index (χ2v) is 3.86. The summed E-state index contributed by atoms with van der Waals surface area (Å²) in [7, 11) is 0. The monoisotopic (exact) mass is 215 g/mol. The first-order chi connectivity index (χ1) is 7.77. The quantitative estimate of drug-likeness (QED) is 0.790. The van der Waals surface area contributed by atoms with Gasteiger partial charge in [-0.1, -0.05) is 29.4 Å². The summed E-state index contributed by atoms with van der Waals surface area (Å²) < 4.78 is 5.15. The highest BCUT2D eigenvalue weighted by atomic mass is 16.5. The molecule has 0 amide bonds. The first-order valence-electron chi connectivity index (χ1n) is 5.03. The van der Waals surface area contributed by atoms with Crippen LogP contribution in [0, 0.1) is 0 Å². The first kappa shape index (κ1) is 9.15. The third kappa shape index (κ3) is 1.16. The van der Waals surface area contributed by atoms with Gasteiger partial charge in [0.25, 0.3) is 0 Å². The molecule has 0 saturated carbocycles. The highest BCUT2D eigenvalue weighted by Crippen LogP contribution is 2.39. The Morgan fingerprint density at radius 3 is 3.06 bits per heavy atom. The van der Waals surface area contributed by atoms with Gasteiger partial charge in [0.1, 0.15) is 0 Å². The Morgan fingerprint density at radius 1 is 1.44 bits per heavy atom. The van der Waals surface area contributed by atoms with E-state index < -0.39 is 11.9 Å². The number of hydrogen-bond acceptors (Lipinski definition) is 3. The molecule has 1 aliphatic carbocycles. The maximum absolute atomic E-state index is 11.2. The molecule has 1 unspecified atom stereocenters. The number of benzene rings is 1. The lowest BCUT2D eigenvalue weighted by atomic mass is 9.83. The minimum Gasteiger partial charge on any atom is -0.481 e. The highest BCUT2D eigenvalue weighted by Gasteiger charge is 2.32. The van der Waals surface area contributed by atoms with Crippen LogP contribution in [0.15, 0.2) is 35.0 Å². The molecule has 16 heavy (non-hydrogen) atoms. The molecular formula is C12H9NO3. The largest absolute Gasteiger partial charge is 0.481 e. The molecule has 0 fully saturated rings. The van der Waals surface area contributed by atoms with Crippen molar-refractivity contribution in [3.05, 3.63) is 41.6 Å². The van der Waals surface area contributed by atoms with E-state index in [1.54, 1.807) is 0 Å². The van der Waals surface area contributed by atoms with Gasteiger partial charge < -0.3 is 9.63 Å². The third-order valence-corrected chi connectivity index (χ3v) is 2.96. The van der Waals surface area contributed by atoms with E-state index in [1.165, 1.54) is 6.20 Å². The Morgan fingerprint density at radius 2 is 2.25 bits per heavy atom. The van der Waals surface area contributed by atoms with Crippen molar-refractivity contribution in [2.75, 3.05) is 0 Å². The van der Waals surface area contributed by atoms with Gasteiger partial charge in [0.2, 0.25) is 0 Å². The third-order valence-electron chi connectivity index (χ3n) is 2.96. The lowest BCUT2D eigenvalue weighted by Crippen LogP contribution is -2.18. The van der Waals surface area contributed by atoms with Crippen molar-refractivity contribution < 1.29 is 14.4 Å². The van der Waals surface area contributed by atoms with Gasteiger partial charge in [-0.15, -0.1) is 0 Å². The van der Waals surface area contributed by atoms with Crippen LogP contribution in [0.1, 0.15) is 17.0 Å². The summed E-state index contributed by atoms with van der Waals surface area (Å²) in [4.78, 5) is 11.2. The van der Waals surface area contributed by atoms with Crippen LogP contribution in [0.2, 0.25) is 0 Å². The minimum atomic E-state index is -0.834. The number of carboxylic acids is 1. The number of nitrogens with zero attached hydrogens (tertiary/aromatic N) is 1. The molecule has 0 aliphatic heterocycles. The number of rotatable bonds is 1. The number of fused-ring (bicyclic) bond motifs is 3. The second-order valence-electron chi connectivity index (χ2n) is 3.86. The molecule has 1 atom stereocenters. The van der Waals surface area contributed by atoms with Crippen LogP contribution in [-0.2, 0) is 11.2 Å². The van der Waals surface area contributed by atoms with Gasteiger partial charge in [0.05, 0.1) is 12.1 Å². The molecule has 80 valence electrons. The molecule has 0 radical (unpaired) electrons. The van der Waals surface area contributed by atoms with E-state index in [1.807, 2.05) is 24.3 Å². The standard InChI is InChI=1S/C12H9NO3/c14-12(15)9-5-7-3-1-2-4-8(7)11-10(9)6-13-16-11/h1-4,6,9H,5H2,(H,14,15). The molecule has 1 aliphatic rings. The first-order valence-corrected chi connectivity index (χ1v) is 5.03. The van der Waals surface area contributed by atoms with Crippen molar-refractivity contribution in [3.8, 4) is 11.3 Å². The number of hydrogen-bond donors (Lipinski definition) is 1. The lowest BCUT2D eigenvalue weighted by Gasteiger charge is -2.19. The van der Waals surface area contributed by atoms with Crippen molar-refractivity contribution in [2.45, 2.75) is 12.3 Å². The zero-order chi connectivity index (χ0) is 11.1. The van der Waals surface area contributed by atoms with Gasteiger partial charge in [0.15, 0.2) is 5.76 Å². The summed E-state index contributed by atoms with van der Waals surface area (Å²) in [6, 6.07) is 7.67. The fourth-order valence-corrected chi connectivity index (χ4v) is 2.17. The molecular weight excluding hydrogens is 206 g/mol. The zero-order valence-electron chi connectivity index (χ0n) is 8.38. The van der Waals surface area contributed by atoms with Crippen LogP contribution < -0.4 is 0 Å². The summed E-state index contributed by atoms with van der Waals surface area (Å²) in [6.07, 6.45) is 2.00. The summed E-state index contributed by atoms with van der Waals surface area (Å²) in [5, 5.41) is 12.9. The van der Waals surface area contributed by atoms with Crippen LogP contribution in [0.5, 0.6) is 0 Å². The zero-order valence-corrected chi connectivity index (χ0v) is 8.38. The van der Waals surface area contributed by atoms with Gasteiger partial charge in [-0.3, -0.25) is 4.79 Å². The maximum atomic E-state index is 11.2. The van der Waals surface area contributed by atoms with E-state index in [9.17, 15) is 4.79 Å². The molecule has 0 bridgehead atoms. The molecule has 0 saturated heterocycles. The van der Waals surface area contributed by atoms with E-state index in [4.69, 9.17) is 9.63 Å². The van der Waals surface area contributed by atoms with Crippen LogP contribution in [-0.4, -0.2) is 16.2 Å². The van der Waals surface area contributed by atoms with E-state index in [2.05, 4.69) is 5.16 Å². The minimum absolute atomic E-state index is 0.500. The van der Waals surface area contributed by atoms with Crippen LogP contribution >= 0.6 is 0 Å². The Labute approximate surface area is 91.5 Å². The predicted octanol–water partition coefficient (Wildman–Crippen LogP) is 2.07. The molecule has 0 spiro atoms. The molecule has 3 rings (SSSR count). The molecule has 4 nitrogen and oxygen atoms in total. The summed E-state index contributed by atoms with van der Waals surface area (Å²) in [6.45, 7) is 0. The molecule has 1 aromatic carbocycles. The predicted molar refractivity (Wildman–Crippen MR) is 56.0 cm³/mol. The van der Waals surface area contributed by atoms with Crippen LogP contribution in [0.4, 0.5) is 0 Å². The molecule has 2 aromatic rings. The Bertz CT molecular complexity index is 559. The van der Waals surface area contributed by atoms with E-state index in [0.717, 1.165) is 11.1 Å². The smallest absolute Gasteiger partial charge is 0.311 e. The molecule has 1 heterocycles. The van der Waals surface area contributed by atoms with Gasteiger partial charge >= 0.3 is 5.97 Å². The van der Waals surface area contributed by atoms with Gasteiger partial charge in [-0.05, 0) is 12.0 Å². The van der Waals surface area contributed by atoms with Crippen LogP contribution in [0.3, 0.4) is 0 Å². The Kier molecular flexibility index (Phi) is 1.83. The van der Waals surface area contributed by atoms with Crippen molar-refractivity contribution in [1.82, 2.24) is 5.16 Å². The van der Waals surface area contributed by atoms with E-state index in [-0.39, 0.29) is 0 Å². The number of carbonyl (C=O) groups is 1. The highest BCUT2D eigenvalue weighted by molar-refractivity contribution is 5.83. The normalized spacial score (nSPS) is 17.6. The Hall–Kier alpha value is -2.10. The fourth-order valence-electron chi connectivity index (χ4n) is 2.17. The van der Waals surface area contributed by atoms with Crippen molar-refractivity contribution >= 4 is 5.97 Å².